The average molecular weight is 430 g/mol. The second-order valence-electron chi connectivity index (χ2n) is 7.93. The first-order valence-electron chi connectivity index (χ1n) is 9.67. The molecule has 7 nitrogen and oxygen atoms in total. The molecule has 0 saturated carbocycles. The summed E-state index contributed by atoms with van der Waals surface area (Å²) in [7, 11) is -2.03. The predicted molar refractivity (Wildman–Crippen MR) is 117 cm³/mol. The molecule has 160 valence electrons. The van der Waals surface area contributed by atoms with Crippen LogP contribution in [0.2, 0.25) is 0 Å². The molecule has 2 heterocycles. The zero-order valence-corrected chi connectivity index (χ0v) is 18.3. The van der Waals surface area contributed by atoms with E-state index in [1.165, 1.54) is 7.05 Å². The van der Waals surface area contributed by atoms with E-state index in [0.29, 0.717) is 24.1 Å². The van der Waals surface area contributed by atoms with Crippen molar-refractivity contribution in [2.75, 3.05) is 17.6 Å². The number of carbonyl (C=O) groups is 1. The van der Waals surface area contributed by atoms with Crippen LogP contribution < -0.4 is 10.0 Å². The van der Waals surface area contributed by atoms with Gasteiger partial charge in [-0.2, -0.15) is 0 Å². The van der Waals surface area contributed by atoms with E-state index in [-0.39, 0.29) is 12.4 Å². The molecule has 30 heavy (non-hydrogen) atoms. The molecule has 8 heteroatoms. The lowest BCUT2D eigenvalue weighted by Gasteiger charge is -2.23. The lowest BCUT2D eigenvalue weighted by atomic mass is 9.93. The third-order valence-electron chi connectivity index (χ3n) is 4.99. The zero-order chi connectivity index (χ0) is 21.9. The fourth-order valence-electron chi connectivity index (χ4n) is 3.25. The van der Waals surface area contributed by atoms with Gasteiger partial charge >= 0.3 is 5.97 Å². The van der Waals surface area contributed by atoms with Crippen LogP contribution in [0.5, 0.6) is 0 Å². The average Bonchev–Trinajstić information content (AvgIpc) is 2.67. The van der Waals surface area contributed by atoms with Crippen molar-refractivity contribution in [1.82, 2.24) is 4.98 Å². The third kappa shape index (κ3) is 5.46. The number of aromatic nitrogens is 1. The Labute approximate surface area is 177 Å². The van der Waals surface area contributed by atoms with Gasteiger partial charge in [-0.15, -0.1) is 0 Å². The molecule has 2 N–H and O–H groups in total. The van der Waals surface area contributed by atoms with Crippen molar-refractivity contribution in [3.63, 3.8) is 0 Å². The summed E-state index contributed by atoms with van der Waals surface area (Å²) in [5, 5.41) is 0. The quantitative estimate of drug-likeness (QED) is 0.580. The minimum Gasteiger partial charge on any atom is -0.459 e. The number of cyclic esters (lactones) is 1. The highest BCUT2D eigenvalue weighted by molar-refractivity contribution is 7.92. The smallest absolute Gasteiger partial charge is 0.326 e. The van der Waals surface area contributed by atoms with E-state index in [9.17, 15) is 13.2 Å². The summed E-state index contributed by atoms with van der Waals surface area (Å²) >= 11 is 0. The van der Waals surface area contributed by atoms with E-state index in [2.05, 4.69) is 11.1 Å². The molecule has 1 aromatic heterocycles. The minimum absolute atomic E-state index is 0.0184. The van der Waals surface area contributed by atoms with Gasteiger partial charge in [-0.05, 0) is 42.2 Å². The number of allylic oxidation sites excluding steroid dienone is 2. The molecule has 0 amide bonds. The molecular weight excluding hydrogens is 402 g/mol. The van der Waals surface area contributed by atoms with E-state index in [1.54, 1.807) is 13.0 Å². The van der Waals surface area contributed by atoms with Gasteiger partial charge in [0, 0.05) is 25.6 Å². The molecule has 1 unspecified atom stereocenters. The number of anilines is 1. The van der Waals surface area contributed by atoms with Gasteiger partial charge in [0.15, 0.2) is 0 Å². The Morgan fingerprint density at radius 2 is 1.80 bits per heavy atom. The Kier molecular flexibility index (Phi) is 6.28. The van der Waals surface area contributed by atoms with Gasteiger partial charge in [-0.25, -0.2) is 13.4 Å². The van der Waals surface area contributed by atoms with E-state index < -0.39 is 21.5 Å². The third-order valence-corrected chi connectivity index (χ3v) is 6.17. The van der Waals surface area contributed by atoms with Gasteiger partial charge in [-0.3, -0.25) is 9.10 Å². The molecule has 0 radical (unpaired) electrons. The molecule has 2 aromatic rings. The summed E-state index contributed by atoms with van der Waals surface area (Å²) in [6, 6.07) is 11.4. The van der Waals surface area contributed by atoms with Gasteiger partial charge in [0.25, 0.3) is 0 Å². The Bertz CT molecular complexity index is 1080. The van der Waals surface area contributed by atoms with Crippen LogP contribution in [-0.4, -0.2) is 38.2 Å². The standard InChI is InChI=1S/C22H27N3O4S/c1-22(23)14-17-9-6-8-16(11-17)7-4-5-10-19-12-18(15-29-21(22)26)13-20(24-19)25(2)30(3,27)28/h4-6,8-9,11-13H,7,10,14-15,23H2,1-3H3. The lowest BCUT2D eigenvalue weighted by Crippen LogP contribution is -2.48. The molecule has 1 aliphatic rings. The maximum Gasteiger partial charge on any atom is 0.326 e. The first-order chi connectivity index (χ1) is 14.0. The van der Waals surface area contributed by atoms with Crippen molar-refractivity contribution in [2.45, 2.75) is 38.3 Å². The molecule has 3 rings (SSSR count). The number of benzene rings is 1. The van der Waals surface area contributed by atoms with E-state index in [4.69, 9.17) is 10.5 Å². The fraction of sp³-hybridized carbons (Fsp3) is 0.364. The Morgan fingerprint density at radius 3 is 2.53 bits per heavy atom. The number of ether oxygens (including phenoxy) is 1. The first-order valence-corrected chi connectivity index (χ1v) is 11.5. The summed E-state index contributed by atoms with van der Waals surface area (Å²) in [6.45, 7) is 1.64. The highest BCUT2D eigenvalue weighted by atomic mass is 32.2. The van der Waals surface area contributed by atoms with Crippen LogP contribution in [0.4, 0.5) is 5.82 Å². The van der Waals surface area contributed by atoms with Crippen molar-refractivity contribution in [3.05, 3.63) is 70.9 Å². The van der Waals surface area contributed by atoms with E-state index in [0.717, 1.165) is 28.1 Å². The minimum atomic E-state index is -3.47. The van der Waals surface area contributed by atoms with E-state index in [1.807, 2.05) is 36.4 Å². The highest BCUT2D eigenvalue weighted by Gasteiger charge is 2.30. The SMILES string of the molecule is CN(c1cc2cc(n1)CC=CCc1cccc(c1)CC(C)(N)C(=O)OC2)S(C)(=O)=O. The fourth-order valence-corrected chi connectivity index (χ4v) is 3.69. The highest BCUT2D eigenvalue weighted by Crippen LogP contribution is 2.20. The monoisotopic (exact) mass is 429 g/mol. The molecule has 0 fully saturated rings. The van der Waals surface area contributed by atoms with Gasteiger partial charge < -0.3 is 10.5 Å². The van der Waals surface area contributed by atoms with Gasteiger partial charge in [0.2, 0.25) is 10.0 Å². The number of hydrogen-bond acceptors (Lipinski definition) is 6. The van der Waals surface area contributed by atoms with Crippen LogP contribution in [0, 0.1) is 0 Å². The van der Waals surface area contributed by atoms with Crippen LogP contribution >= 0.6 is 0 Å². The maximum atomic E-state index is 12.7. The molecule has 1 aromatic carbocycles. The number of sulfonamides is 1. The molecule has 4 bridgehead atoms. The largest absolute Gasteiger partial charge is 0.459 e. The molecule has 1 atom stereocenters. The van der Waals surface area contributed by atoms with Gasteiger partial charge in [0.05, 0.1) is 6.26 Å². The lowest BCUT2D eigenvalue weighted by molar-refractivity contribution is -0.150. The normalized spacial score (nSPS) is 20.1. The molecular formula is C22H27N3O4S. The van der Waals surface area contributed by atoms with E-state index >= 15 is 0 Å². The first kappa shape index (κ1) is 22.0. The summed E-state index contributed by atoms with van der Waals surface area (Å²) in [5.74, 6) is -0.238. The summed E-state index contributed by atoms with van der Waals surface area (Å²) < 4.78 is 30.5. The van der Waals surface area contributed by atoms with Crippen LogP contribution in [-0.2, 0) is 45.4 Å². The zero-order valence-electron chi connectivity index (χ0n) is 17.5. The number of pyridine rings is 1. The number of hydrogen-bond donors (Lipinski definition) is 1. The number of fused-ring (bicyclic) bond motifs is 4. The number of nitrogens with zero attached hydrogens (tertiary/aromatic N) is 2. The Morgan fingerprint density at radius 1 is 1.10 bits per heavy atom. The number of nitrogens with two attached hydrogens (primary N) is 1. The molecule has 0 spiro atoms. The number of carbonyl (C=O) groups excluding carboxylic acids is 1. The van der Waals surface area contributed by atoms with Crippen molar-refractivity contribution in [3.8, 4) is 0 Å². The van der Waals surface area contributed by atoms with Crippen LogP contribution in [0.25, 0.3) is 0 Å². The van der Waals surface area contributed by atoms with Crippen LogP contribution in [0.3, 0.4) is 0 Å². The summed E-state index contributed by atoms with van der Waals surface area (Å²) in [6.07, 6.45) is 6.78. The number of rotatable bonds is 2. The molecule has 0 aliphatic carbocycles. The number of esters is 1. The predicted octanol–water partition coefficient (Wildman–Crippen LogP) is 2.14. The summed E-state index contributed by atoms with van der Waals surface area (Å²) in [5.41, 5.74) is 8.50. The maximum absolute atomic E-state index is 12.7. The van der Waals surface area contributed by atoms with Crippen molar-refractivity contribution in [1.29, 1.82) is 0 Å². The molecule has 0 saturated heterocycles. The van der Waals surface area contributed by atoms with Crippen molar-refractivity contribution in [2.24, 2.45) is 5.73 Å². The molecule has 1 aliphatic heterocycles. The Hall–Kier alpha value is -2.71. The van der Waals surface area contributed by atoms with Crippen molar-refractivity contribution >= 4 is 21.8 Å². The summed E-state index contributed by atoms with van der Waals surface area (Å²) in [4.78, 5) is 17.1. The topological polar surface area (TPSA) is 103 Å². The van der Waals surface area contributed by atoms with Crippen molar-refractivity contribution < 1.29 is 17.9 Å². The van der Waals surface area contributed by atoms with Crippen LogP contribution in [0.1, 0.15) is 29.3 Å². The second kappa shape index (κ2) is 8.57. The second-order valence-corrected chi connectivity index (χ2v) is 9.94. The Balaban J connectivity index is 1.99. The van der Waals surface area contributed by atoms with Gasteiger partial charge in [-0.1, -0.05) is 36.4 Å². The van der Waals surface area contributed by atoms with Crippen LogP contribution in [0.15, 0.2) is 48.6 Å². The van der Waals surface area contributed by atoms with Gasteiger partial charge in [0.1, 0.15) is 18.0 Å².